The molecule has 1 aliphatic heterocycles. The van der Waals surface area contributed by atoms with Gasteiger partial charge in [0.1, 0.15) is 5.82 Å². The summed E-state index contributed by atoms with van der Waals surface area (Å²) in [6, 6.07) is 13.4. The van der Waals surface area contributed by atoms with Crippen LogP contribution in [-0.2, 0) is 16.4 Å². The molecule has 7 nitrogen and oxygen atoms in total. The first-order chi connectivity index (χ1) is 16.0. The topological polar surface area (TPSA) is 75.4 Å². The van der Waals surface area contributed by atoms with Gasteiger partial charge in [0, 0.05) is 25.0 Å². The van der Waals surface area contributed by atoms with Crippen LogP contribution in [0, 0.1) is 5.92 Å². The SMILES string of the molecule is CC(CC(C)(C)c1ccccc1)NC(=O)C1CCN(c2ccc3nnc(C(F)(F)F)n3n2)CC1. The van der Waals surface area contributed by atoms with E-state index in [9.17, 15) is 18.0 Å². The van der Waals surface area contributed by atoms with Gasteiger partial charge in [0.15, 0.2) is 5.65 Å². The Kier molecular flexibility index (Phi) is 6.51. The Bertz CT molecular complexity index is 1140. The fraction of sp³-hybridized carbons (Fsp3) is 0.500. The molecule has 3 aromatic rings. The van der Waals surface area contributed by atoms with Gasteiger partial charge in [-0.2, -0.15) is 17.7 Å². The van der Waals surface area contributed by atoms with Gasteiger partial charge < -0.3 is 10.2 Å². The Morgan fingerprint density at radius 2 is 1.76 bits per heavy atom. The number of hydrogen-bond donors (Lipinski definition) is 1. The number of carbonyl (C=O) groups excluding carboxylic acids is 1. The molecule has 182 valence electrons. The van der Waals surface area contributed by atoms with Crippen LogP contribution in [0.25, 0.3) is 5.65 Å². The zero-order chi connectivity index (χ0) is 24.5. The average molecular weight is 475 g/mol. The van der Waals surface area contributed by atoms with E-state index in [-0.39, 0.29) is 28.9 Å². The van der Waals surface area contributed by atoms with E-state index in [0.29, 0.717) is 31.7 Å². The van der Waals surface area contributed by atoms with E-state index in [4.69, 9.17) is 0 Å². The molecule has 0 radical (unpaired) electrons. The first kappa shape index (κ1) is 24.0. The molecule has 2 aromatic heterocycles. The van der Waals surface area contributed by atoms with Gasteiger partial charge in [-0.15, -0.1) is 15.3 Å². The molecule has 1 aliphatic rings. The lowest BCUT2D eigenvalue weighted by atomic mass is 9.79. The van der Waals surface area contributed by atoms with Crippen LogP contribution in [0.1, 0.15) is 51.4 Å². The van der Waals surface area contributed by atoms with Crippen molar-refractivity contribution in [3.05, 3.63) is 53.9 Å². The van der Waals surface area contributed by atoms with Gasteiger partial charge in [-0.05, 0) is 49.3 Å². The van der Waals surface area contributed by atoms with Crippen LogP contribution in [-0.4, -0.2) is 44.8 Å². The second-order valence-electron chi connectivity index (χ2n) is 9.61. The van der Waals surface area contributed by atoms with E-state index >= 15 is 0 Å². The van der Waals surface area contributed by atoms with E-state index in [1.807, 2.05) is 30.0 Å². The number of alkyl halides is 3. The van der Waals surface area contributed by atoms with Crippen LogP contribution in [0.2, 0.25) is 0 Å². The van der Waals surface area contributed by atoms with Gasteiger partial charge in [0.2, 0.25) is 5.91 Å². The van der Waals surface area contributed by atoms with Gasteiger partial charge in [-0.3, -0.25) is 4.79 Å². The van der Waals surface area contributed by atoms with Crippen molar-refractivity contribution in [2.75, 3.05) is 18.0 Å². The minimum atomic E-state index is -4.64. The number of rotatable bonds is 6. The summed E-state index contributed by atoms with van der Waals surface area (Å²) in [4.78, 5) is 14.8. The molecule has 1 saturated heterocycles. The van der Waals surface area contributed by atoms with Crippen molar-refractivity contribution in [1.29, 1.82) is 0 Å². The molecule has 10 heteroatoms. The fourth-order valence-electron chi connectivity index (χ4n) is 4.68. The van der Waals surface area contributed by atoms with Crippen molar-refractivity contribution in [1.82, 2.24) is 25.1 Å². The number of amides is 1. The van der Waals surface area contributed by atoms with Crippen molar-refractivity contribution >= 4 is 17.4 Å². The molecule has 1 unspecified atom stereocenters. The minimum absolute atomic E-state index is 0.0133. The number of piperidine rings is 1. The third-order valence-corrected chi connectivity index (χ3v) is 6.45. The molecule has 1 N–H and O–H groups in total. The van der Waals surface area contributed by atoms with E-state index in [2.05, 4.69) is 46.6 Å². The molecule has 3 heterocycles. The van der Waals surface area contributed by atoms with E-state index in [1.165, 1.54) is 11.6 Å². The van der Waals surface area contributed by atoms with E-state index in [1.54, 1.807) is 6.07 Å². The number of nitrogens with one attached hydrogen (secondary N) is 1. The number of halogens is 3. The fourth-order valence-corrected chi connectivity index (χ4v) is 4.68. The summed E-state index contributed by atoms with van der Waals surface area (Å²) in [5, 5.41) is 14.0. The van der Waals surface area contributed by atoms with Crippen molar-refractivity contribution in [2.24, 2.45) is 5.92 Å². The summed E-state index contributed by atoms with van der Waals surface area (Å²) in [7, 11) is 0. The van der Waals surface area contributed by atoms with Gasteiger partial charge in [0.25, 0.3) is 5.82 Å². The molecule has 0 saturated carbocycles. The third-order valence-electron chi connectivity index (χ3n) is 6.45. The molecule has 1 fully saturated rings. The highest BCUT2D eigenvalue weighted by atomic mass is 19.4. The first-order valence-corrected chi connectivity index (χ1v) is 11.4. The molecular weight excluding hydrogens is 445 g/mol. The van der Waals surface area contributed by atoms with Crippen molar-refractivity contribution in [3.8, 4) is 0 Å². The van der Waals surface area contributed by atoms with E-state index in [0.717, 1.165) is 10.9 Å². The Labute approximate surface area is 196 Å². The summed E-state index contributed by atoms with van der Waals surface area (Å²) < 4.78 is 40.2. The zero-order valence-corrected chi connectivity index (χ0v) is 19.5. The van der Waals surface area contributed by atoms with Crippen LogP contribution in [0.15, 0.2) is 42.5 Å². The van der Waals surface area contributed by atoms with Crippen molar-refractivity contribution in [2.45, 2.75) is 57.7 Å². The van der Waals surface area contributed by atoms with Gasteiger partial charge in [-0.1, -0.05) is 44.2 Å². The Morgan fingerprint density at radius 1 is 1.09 bits per heavy atom. The Balaban J connectivity index is 1.34. The lowest BCUT2D eigenvalue weighted by Crippen LogP contribution is -2.44. The number of benzene rings is 1. The molecule has 1 aromatic carbocycles. The standard InChI is InChI=1S/C24H29F3N6O/c1-16(15-23(2,3)18-7-5-4-6-8-18)28-21(34)17-11-13-32(14-12-17)20-10-9-19-29-30-22(24(25,26)27)33(19)31-20/h4-10,16-17H,11-15H2,1-3H3,(H,28,34). The molecule has 0 spiro atoms. The summed E-state index contributed by atoms with van der Waals surface area (Å²) in [6.07, 6.45) is -2.61. The quantitative estimate of drug-likeness (QED) is 0.579. The molecule has 1 atom stereocenters. The number of fused-ring (bicyclic) bond motifs is 1. The van der Waals surface area contributed by atoms with Gasteiger partial charge in [-0.25, -0.2) is 0 Å². The molecule has 1 amide bonds. The van der Waals surface area contributed by atoms with Crippen LogP contribution in [0.5, 0.6) is 0 Å². The summed E-state index contributed by atoms with van der Waals surface area (Å²) in [5.41, 5.74) is 1.20. The number of aromatic nitrogens is 4. The maximum atomic E-state index is 13.1. The molecular formula is C24H29F3N6O. The predicted molar refractivity (Wildman–Crippen MR) is 122 cm³/mol. The lowest BCUT2D eigenvalue weighted by molar-refractivity contribution is -0.146. The monoisotopic (exact) mass is 474 g/mol. The van der Waals surface area contributed by atoms with Gasteiger partial charge >= 0.3 is 6.18 Å². The Morgan fingerprint density at radius 3 is 2.41 bits per heavy atom. The van der Waals surface area contributed by atoms with Crippen LogP contribution in [0.3, 0.4) is 0 Å². The highest BCUT2D eigenvalue weighted by Gasteiger charge is 2.38. The smallest absolute Gasteiger partial charge is 0.355 e. The summed E-state index contributed by atoms with van der Waals surface area (Å²) in [5.74, 6) is -0.846. The maximum Gasteiger partial charge on any atom is 0.453 e. The highest BCUT2D eigenvalue weighted by Crippen LogP contribution is 2.30. The first-order valence-electron chi connectivity index (χ1n) is 11.4. The number of anilines is 1. The summed E-state index contributed by atoms with van der Waals surface area (Å²) in [6.45, 7) is 7.43. The van der Waals surface area contributed by atoms with Crippen molar-refractivity contribution < 1.29 is 18.0 Å². The molecule has 34 heavy (non-hydrogen) atoms. The Hall–Kier alpha value is -3.17. The molecule has 0 aliphatic carbocycles. The number of nitrogens with zero attached hydrogens (tertiary/aromatic N) is 5. The molecule has 0 bridgehead atoms. The van der Waals surface area contributed by atoms with Crippen LogP contribution in [0.4, 0.5) is 19.0 Å². The van der Waals surface area contributed by atoms with E-state index < -0.39 is 12.0 Å². The third kappa shape index (κ3) is 5.15. The van der Waals surface area contributed by atoms with Crippen LogP contribution < -0.4 is 10.2 Å². The maximum absolute atomic E-state index is 13.1. The number of carbonyl (C=O) groups is 1. The van der Waals surface area contributed by atoms with Crippen LogP contribution >= 0.6 is 0 Å². The second kappa shape index (κ2) is 9.23. The lowest BCUT2D eigenvalue weighted by Gasteiger charge is -2.33. The average Bonchev–Trinajstić information content (AvgIpc) is 3.23. The van der Waals surface area contributed by atoms with Crippen molar-refractivity contribution in [3.63, 3.8) is 0 Å². The highest BCUT2D eigenvalue weighted by molar-refractivity contribution is 5.79. The zero-order valence-electron chi connectivity index (χ0n) is 19.5. The largest absolute Gasteiger partial charge is 0.453 e. The summed E-state index contributed by atoms with van der Waals surface area (Å²) >= 11 is 0. The molecule has 4 rings (SSSR count). The predicted octanol–water partition coefficient (Wildman–Crippen LogP) is 4.23. The normalized spacial score (nSPS) is 16.6. The minimum Gasteiger partial charge on any atom is -0.355 e. The van der Waals surface area contributed by atoms with Gasteiger partial charge in [0.05, 0.1) is 0 Å². The number of hydrogen-bond acceptors (Lipinski definition) is 5. The second-order valence-corrected chi connectivity index (χ2v) is 9.61.